The van der Waals surface area contributed by atoms with Gasteiger partial charge in [0, 0.05) is 5.56 Å². The number of carbonyl (C=O) groups excluding carboxylic acids is 2. The molecule has 0 aliphatic heterocycles. The first-order valence-electron chi connectivity index (χ1n) is 5.98. The first-order valence-corrected chi connectivity index (χ1v) is 5.98. The highest BCUT2D eigenvalue weighted by atomic mass is 19.1. The molecule has 0 radical (unpaired) electrons. The minimum atomic E-state index is -0.670. The number of ketones is 1. The van der Waals surface area contributed by atoms with Crippen molar-refractivity contribution in [1.82, 2.24) is 5.16 Å². The van der Waals surface area contributed by atoms with Crippen molar-refractivity contribution in [3.63, 3.8) is 0 Å². The molecule has 0 fully saturated rings. The first kappa shape index (κ1) is 13.9. The lowest BCUT2D eigenvalue weighted by Crippen LogP contribution is -2.11. The third-order valence-corrected chi connectivity index (χ3v) is 2.65. The molecule has 6 heteroatoms. The lowest BCUT2D eigenvalue weighted by atomic mass is 10.0. The van der Waals surface area contributed by atoms with Crippen LogP contribution in [0, 0.1) is 12.7 Å². The number of hydrogen-bond donors (Lipinski definition) is 0. The number of aromatic nitrogens is 1. The predicted octanol–water partition coefficient (Wildman–Crippen LogP) is 2.53. The molecule has 2 rings (SSSR count). The van der Waals surface area contributed by atoms with E-state index in [1.54, 1.807) is 6.92 Å². The summed E-state index contributed by atoms with van der Waals surface area (Å²) in [5.41, 5.74) is 0.475. The van der Waals surface area contributed by atoms with Gasteiger partial charge in [-0.15, -0.1) is 0 Å². The Labute approximate surface area is 114 Å². The summed E-state index contributed by atoms with van der Waals surface area (Å²) in [5, 5.41) is 3.61. The van der Waals surface area contributed by atoms with Gasteiger partial charge < -0.3 is 9.26 Å². The van der Waals surface area contributed by atoms with Gasteiger partial charge in [-0.2, -0.15) is 0 Å². The molecule has 0 bridgehead atoms. The van der Waals surface area contributed by atoms with E-state index >= 15 is 0 Å². The van der Waals surface area contributed by atoms with E-state index < -0.39 is 17.6 Å². The van der Waals surface area contributed by atoms with Crippen LogP contribution >= 0.6 is 0 Å². The second-order valence-corrected chi connectivity index (χ2v) is 4.03. The van der Waals surface area contributed by atoms with Crippen molar-refractivity contribution in [1.29, 1.82) is 0 Å². The summed E-state index contributed by atoms with van der Waals surface area (Å²) in [6, 6.07) is 4.93. The molecule has 0 aliphatic carbocycles. The fourth-order valence-corrected chi connectivity index (χ4v) is 1.70. The van der Waals surface area contributed by atoms with Crippen molar-refractivity contribution in [3.8, 4) is 0 Å². The fourth-order valence-electron chi connectivity index (χ4n) is 1.70. The molecule has 0 atom stereocenters. The molecule has 0 unspecified atom stereocenters. The van der Waals surface area contributed by atoms with Crippen molar-refractivity contribution in [2.24, 2.45) is 0 Å². The summed E-state index contributed by atoms with van der Waals surface area (Å²) in [6.07, 6.45) is 0. The quantitative estimate of drug-likeness (QED) is 0.634. The van der Waals surface area contributed by atoms with E-state index in [1.165, 1.54) is 19.1 Å². The van der Waals surface area contributed by atoms with Gasteiger partial charge in [-0.3, -0.25) is 4.79 Å². The molecule has 20 heavy (non-hydrogen) atoms. The van der Waals surface area contributed by atoms with E-state index in [9.17, 15) is 14.0 Å². The Hall–Kier alpha value is -2.50. The highest BCUT2D eigenvalue weighted by Crippen LogP contribution is 2.19. The third kappa shape index (κ3) is 2.59. The molecule has 0 spiro atoms. The van der Waals surface area contributed by atoms with E-state index in [1.807, 2.05) is 0 Å². The highest BCUT2D eigenvalue weighted by Gasteiger charge is 2.27. The number of carbonyl (C=O) groups is 2. The van der Waals surface area contributed by atoms with Crippen LogP contribution in [0.3, 0.4) is 0 Å². The molecule has 0 amide bonds. The van der Waals surface area contributed by atoms with Gasteiger partial charge in [0.05, 0.1) is 12.3 Å². The molecule has 1 aromatic heterocycles. The van der Waals surface area contributed by atoms with Gasteiger partial charge in [0.1, 0.15) is 11.4 Å². The SMILES string of the molecule is CCOC(=O)c1c(C)noc1C(=O)c1ccc(F)cc1. The molecule has 0 N–H and O–H groups in total. The summed E-state index contributed by atoms with van der Waals surface area (Å²) in [5.74, 6) is -1.88. The van der Waals surface area contributed by atoms with E-state index in [-0.39, 0.29) is 29.2 Å². The largest absolute Gasteiger partial charge is 0.462 e. The first-order chi connectivity index (χ1) is 9.54. The Balaban J connectivity index is 2.40. The number of esters is 1. The number of benzene rings is 1. The van der Waals surface area contributed by atoms with Crippen LogP contribution in [0.1, 0.15) is 39.1 Å². The lowest BCUT2D eigenvalue weighted by molar-refractivity contribution is 0.0521. The van der Waals surface area contributed by atoms with Crippen LogP contribution < -0.4 is 0 Å². The minimum absolute atomic E-state index is 0.00109. The van der Waals surface area contributed by atoms with Crippen molar-refractivity contribution in [3.05, 3.63) is 52.7 Å². The third-order valence-electron chi connectivity index (χ3n) is 2.65. The molecule has 0 saturated heterocycles. The van der Waals surface area contributed by atoms with Gasteiger partial charge >= 0.3 is 5.97 Å². The van der Waals surface area contributed by atoms with Gasteiger partial charge in [0.15, 0.2) is 0 Å². The monoisotopic (exact) mass is 277 g/mol. The summed E-state index contributed by atoms with van der Waals surface area (Å²) >= 11 is 0. The summed E-state index contributed by atoms with van der Waals surface area (Å²) in [4.78, 5) is 24.0. The Morgan fingerprint density at radius 3 is 2.55 bits per heavy atom. The Morgan fingerprint density at radius 1 is 1.30 bits per heavy atom. The van der Waals surface area contributed by atoms with Gasteiger partial charge in [0.2, 0.25) is 11.5 Å². The Morgan fingerprint density at radius 2 is 1.95 bits per heavy atom. The molecule has 0 saturated carbocycles. The number of hydrogen-bond acceptors (Lipinski definition) is 5. The number of ether oxygens (including phenoxy) is 1. The summed E-state index contributed by atoms with van der Waals surface area (Å²) in [6.45, 7) is 3.37. The van der Waals surface area contributed by atoms with Gasteiger partial charge in [-0.1, -0.05) is 5.16 Å². The molecule has 0 aliphatic rings. The molecule has 2 aromatic rings. The minimum Gasteiger partial charge on any atom is -0.462 e. The van der Waals surface area contributed by atoms with Crippen molar-refractivity contribution < 1.29 is 23.2 Å². The average Bonchev–Trinajstić information content (AvgIpc) is 2.81. The smallest absolute Gasteiger partial charge is 0.344 e. The molecular formula is C14H12FNO4. The Kier molecular flexibility index (Phi) is 3.93. The Bertz CT molecular complexity index is 646. The van der Waals surface area contributed by atoms with Crippen molar-refractivity contribution in [2.45, 2.75) is 13.8 Å². The lowest BCUT2D eigenvalue weighted by Gasteiger charge is -2.02. The molecular weight excluding hydrogens is 265 g/mol. The molecule has 1 aromatic carbocycles. The molecule has 104 valence electrons. The van der Waals surface area contributed by atoms with E-state index in [0.29, 0.717) is 0 Å². The standard InChI is InChI=1S/C14H12FNO4/c1-3-19-14(18)11-8(2)16-20-13(11)12(17)9-4-6-10(15)7-5-9/h4-7H,3H2,1-2H3. The van der Waals surface area contributed by atoms with Crippen LogP contribution in [-0.4, -0.2) is 23.5 Å². The number of aryl methyl sites for hydroxylation is 1. The highest BCUT2D eigenvalue weighted by molar-refractivity contribution is 6.12. The summed E-state index contributed by atoms with van der Waals surface area (Å²) in [7, 11) is 0. The van der Waals surface area contributed by atoms with Gasteiger partial charge in [-0.05, 0) is 38.1 Å². The van der Waals surface area contributed by atoms with Crippen LogP contribution in [-0.2, 0) is 4.74 Å². The number of rotatable bonds is 4. The second-order valence-electron chi connectivity index (χ2n) is 4.03. The zero-order chi connectivity index (χ0) is 14.7. The van der Waals surface area contributed by atoms with Crippen LogP contribution in [0.4, 0.5) is 4.39 Å². The predicted molar refractivity (Wildman–Crippen MR) is 67.0 cm³/mol. The van der Waals surface area contributed by atoms with Crippen LogP contribution in [0.25, 0.3) is 0 Å². The molecule has 1 heterocycles. The van der Waals surface area contributed by atoms with Crippen LogP contribution in [0.15, 0.2) is 28.8 Å². The molecule has 5 nitrogen and oxygen atoms in total. The second kappa shape index (κ2) is 5.64. The zero-order valence-corrected chi connectivity index (χ0v) is 11.0. The summed E-state index contributed by atoms with van der Waals surface area (Å²) < 4.78 is 22.6. The van der Waals surface area contributed by atoms with Crippen LogP contribution in [0.2, 0.25) is 0 Å². The van der Waals surface area contributed by atoms with Crippen molar-refractivity contribution >= 4 is 11.8 Å². The average molecular weight is 277 g/mol. The zero-order valence-electron chi connectivity index (χ0n) is 11.0. The van der Waals surface area contributed by atoms with E-state index in [2.05, 4.69) is 5.16 Å². The van der Waals surface area contributed by atoms with E-state index in [0.717, 1.165) is 12.1 Å². The number of halogens is 1. The fraction of sp³-hybridized carbons (Fsp3) is 0.214. The maximum Gasteiger partial charge on any atom is 0.344 e. The maximum absolute atomic E-state index is 12.8. The topological polar surface area (TPSA) is 69.4 Å². The van der Waals surface area contributed by atoms with Crippen LogP contribution in [0.5, 0.6) is 0 Å². The number of nitrogens with zero attached hydrogens (tertiary/aromatic N) is 1. The van der Waals surface area contributed by atoms with Crippen molar-refractivity contribution in [2.75, 3.05) is 6.61 Å². The van der Waals surface area contributed by atoms with E-state index in [4.69, 9.17) is 9.26 Å². The van der Waals surface area contributed by atoms with Gasteiger partial charge in [0.25, 0.3) is 0 Å². The maximum atomic E-state index is 12.8. The van der Waals surface area contributed by atoms with Gasteiger partial charge in [-0.25, -0.2) is 9.18 Å². The normalized spacial score (nSPS) is 10.3.